The molecule has 14 heavy (non-hydrogen) atoms. The topological polar surface area (TPSA) is 96.7 Å². The highest BCUT2D eigenvalue weighted by Gasteiger charge is 1.96. The monoisotopic (exact) mass is 198 g/mol. The Morgan fingerprint density at radius 3 is 3.21 bits per heavy atom. The van der Waals surface area contributed by atoms with Gasteiger partial charge in [0.1, 0.15) is 11.6 Å². The molecule has 1 heterocycles. The molecule has 0 spiro atoms. The number of aromatic nitrogens is 1. The van der Waals surface area contributed by atoms with Gasteiger partial charge in [-0.05, 0) is 13.0 Å². The molecule has 0 aliphatic heterocycles. The van der Waals surface area contributed by atoms with Gasteiger partial charge < -0.3 is 20.8 Å². The predicted octanol–water partition coefficient (Wildman–Crippen LogP) is 0.291. The predicted molar refractivity (Wildman–Crippen MR) is 50.9 cm³/mol. The molecule has 6 heteroatoms. The van der Waals surface area contributed by atoms with Crippen LogP contribution in [0, 0.1) is 0 Å². The smallest absolute Gasteiger partial charge is 0.150 e. The van der Waals surface area contributed by atoms with E-state index in [0.717, 1.165) is 18.7 Å². The van der Waals surface area contributed by atoms with Gasteiger partial charge in [0.05, 0.1) is 12.7 Å². The summed E-state index contributed by atoms with van der Waals surface area (Å²) in [5.41, 5.74) is 5.29. The Balaban J connectivity index is 2.00. The SMILES string of the molecule is NC(CCCNCc1ccno1)=NO. The van der Waals surface area contributed by atoms with E-state index >= 15 is 0 Å². The van der Waals surface area contributed by atoms with Crippen molar-refractivity contribution in [1.29, 1.82) is 0 Å². The van der Waals surface area contributed by atoms with Gasteiger partial charge in [0, 0.05) is 12.5 Å². The van der Waals surface area contributed by atoms with Gasteiger partial charge in [0.25, 0.3) is 0 Å². The highest BCUT2D eigenvalue weighted by atomic mass is 16.5. The van der Waals surface area contributed by atoms with E-state index in [1.54, 1.807) is 12.3 Å². The third-order valence-electron chi connectivity index (χ3n) is 1.71. The van der Waals surface area contributed by atoms with E-state index in [2.05, 4.69) is 15.6 Å². The summed E-state index contributed by atoms with van der Waals surface area (Å²) in [7, 11) is 0. The standard InChI is InChI=1S/C8H14N4O2/c9-8(12-13)2-1-4-10-6-7-3-5-11-14-7/h3,5,10,13H,1-2,4,6H2,(H2,9,12). The lowest BCUT2D eigenvalue weighted by molar-refractivity contribution is 0.316. The number of hydrogen-bond acceptors (Lipinski definition) is 5. The van der Waals surface area contributed by atoms with Crippen LogP contribution >= 0.6 is 0 Å². The van der Waals surface area contributed by atoms with Gasteiger partial charge in [-0.2, -0.15) is 0 Å². The molecular formula is C8H14N4O2. The summed E-state index contributed by atoms with van der Waals surface area (Å²) >= 11 is 0. The molecule has 0 bridgehead atoms. The summed E-state index contributed by atoms with van der Waals surface area (Å²) < 4.78 is 4.88. The molecule has 0 saturated carbocycles. The maximum Gasteiger partial charge on any atom is 0.150 e. The van der Waals surface area contributed by atoms with Crippen molar-refractivity contribution in [2.75, 3.05) is 6.54 Å². The summed E-state index contributed by atoms with van der Waals surface area (Å²) in [5, 5.41) is 17.9. The van der Waals surface area contributed by atoms with E-state index in [1.165, 1.54) is 0 Å². The molecule has 1 aromatic rings. The molecule has 0 aromatic carbocycles. The molecule has 0 fully saturated rings. The Morgan fingerprint density at radius 1 is 1.71 bits per heavy atom. The summed E-state index contributed by atoms with van der Waals surface area (Å²) in [6.45, 7) is 1.44. The normalized spacial score (nSPS) is 11.9. The highest BCUT2D eigenvalue weighted by Crippen LogP contribution is 1.95. The molecule has 78 valence electrons. The summed E-state index contributed by atoms with van der Waals surface area (Å²) in [5.74, 6) is 1.06. The van der Waals surface area contributed by atoms with Gasteiger partial charge in [-0.1, -0.05) is 10.3 Å². The molecule has 6 nitrogen and oxygen atoms in total. The van der Waals surface area contributed by atoms with Crippen LogP contribution in [0.15, 0.2) is 21.9 Å². The summed E-state index contributed by atoms with van der Waals surface area (Å²) in [6.07, 6.45) is 3.01. The van der Waals surface area contributed by atoms with Crippen LogP contribution in [0.4, 0.5) is 0 Å². The fraction of sp³-hybridized carbons (Fsp3) is 0.500. The van der Waals surface area contributed by atoms with E-state index in [-0.39, 0.29) is 5.84 Å². The van der Waals surface area contributed by atoms with E-state index in [0.29, 0.717) is 13.0 Å². The van der Waals surface area contributed by atoms with Gasteiger partial charge in [-0.3, -0.25) is 0 Å². The van der Waals surface area contributed by atoms with Crippen molar-refractivity contribution in [3.05, 3.63) is 18.0 Å². The fourth-order valence-electron chi connectivity index (χ4n) is 0.989. The number of nitrogens with two attached hydrogens (primary N) is 1. The molecule has 1 rings (SSSR count). The van der Waals surface area contributed by atoms with Crippen molar-refractivity contribution < 1.29 is 9.73 Å². The van der Waals surface area contributed by atoms with E-state index in [1.807, 2.05) is 0 Å². The van der Waals surface area contributed by atoms with Crippen molar-refractivity contribution in [3.63, 3.8) is 0 Å². The molecule has 0 unspecified atom stereocenters. The number of rotatable bonds is 6. The van der Waals surface area contributed by atoms with Crippen molar-refractivity contribution in [2.45, 2.75) is 19.4 Å². The Hall–Kier alpha value is -1.56. The molecule has 0 atom stereocenters. The van der Waals surface area contributed by atoms with Gasteiger partial charge in [0.15, 0.2) is 0 Å². The zero-order chi connectivity index (χ0) is 10.2. The van der Waals surface area contributed by atoms with Crippen LogP contribution in [0.3, 0.4) is 0 Å². The van der Waals surface area contributed by atoms with E-state index in [4.69, 9.17) is 15.5 Å². The largest absolute Gasteiger partial charge is 0.409 e. The van der Waals surface area contributed by atoms with Crippen molar-refractivity contribution in [3.8, 4) is 0 Å². The van der Waals surface area contributed by atoms with Crippen LogP contribution in [0.25, 0.3) is 0 Å². The quantitative estimate of drug-likeness (QED) is 0.201. The highest BCUT2D eigenvalue weighted by molar-refractivity contribution is 5.79. The lowest BCUT2D eigenvalue weighted by Crippen LogP contribution is -2.18. The Kier molecular flexibility index (Phi) is 4.49. The maximum atomic E-state index is 8.26. The van der Waals surface area contributed by atoms with Crippen LogP contribution in [-0.2, 0) is 6.54 Å². The van der Waals surface area contributed by atoms with Crippen LogP contribution in [0.5, 0.6) is 0 Å². The summed E-state index contributed by atoms with van der Waals surface area (Å²) in [4.78, 5) is 0. The second-order valence-corrected chi connectivity index (χ2v) is 2.85. The minimum absolute atomic E-state index is 0.256. The molecule has 0 radical (unpaired) electrons. The Bertz CT molecular complexity index is 271. The zero-order valence-corrected chi connectivity index (χ0v) is 7.81. The van der Waals surface area contributed by atoms with Gasteiger partial charge in [-0.25, -0.2) is 0 Å². The van der Waals surface area contributed by atoms with E-state index < -0.39 is 0 Å². The van der Waals surface area contributed by atoms with E-state index in [9.17, 15) is 0 Å². The number of nitrogens with one attached hydrogen (secondary N) is 1. The molecule has 0 aliphatic rings. The van der Waals surface area contributed by atoms with Gasteiger partial charge >= 0.3 is 0 Å². The maximum absolute atomic E-state index is 8.26. The Morgan fingerprint density at radius 2 is 2.57 bits per heavy atom. The average Bonchev–Trinajstić information content (AvgIpc) is 2.69. The van der Waals surface area contributed by atoms with Crippen LogP contribution in [0.2, 0.25) is 0 Å². The first-order chi connectivity index (χ1) is 6.83. The average molecular weight is 198 g/mol. The minimum Gasteiger partial charge on any atom is -0.409 e. The van der Waals surface area contributed by atoms with Crippen LogP contribution in [-0.4, -0.2) is 22.7 Å². The minimum atomic E-state index is 0.256. The molecule has 0 amide bonds. The number of nitrogens with zero attached hydrogens (tertiary/aromatic N) is 2. The number of hydrogen-bond donors (Lipinski definition) is 3. The van der Waals surface area contributed by atoms with Crippen LogP contribution in [0.1, 0.15) is 18.6 Å². The molecule has 1 aromatic heterocycles. The first-order valence-corrected chi connectivity index (χ1v) is 4.39. The first-order valence-electron chi connectivity index (χ1n) is 4.39. The molecule has 4 N–H and O–H groups in total. The van der Waals surface area contributed by atoms with Crippen LogP contribution < -0.4 is 11.1 Å². The Labute approximate surface area is 81.8 Å². The second kappa shape index (κ2) is 5.98. The lowest BCUT2D eigenvalue weighted by atomic mass is 10.3. The molecule has 0 saturated heterocycles. The third-order valence-corrected chi connectivity index (χ3v) is 1.71. The molecular weight excluding hydrogens is 184 g/mol. The van der Waals surface area contributed by atoms with Gasteiger partial charge in [-0.15, -0.1) is 0 Å². The van der Waals surface area contributed by atoms with Gasteiger partial charge in [0.2, 0.25) is 0 Å². The zero-order valence-electron chi connectivity index (χ0n) is 7.81. The fourth-order valence-corrected chi connectivity index (χ4v) is 0.989. The first kappa shape index (κ1) is 10.5. The van der Waals surface area contributed by atoms with Crippen molar-refractivity contribution >= 4 is 5.84 Å². The summed E-state index contributed by atoms with van der Waals surface area (Å²) in [6, 6.07) is 1.80. The van der Waals surface area contributed by atoms with Crippen molar-refractivity contribution in [2.24, 2.45) is 10.9 Å². The van der Waals surface area contributed by atoms with Crippen molar-refractivity contribution in [1.82, 2.24) is 10.5 Å². The third kappa shape index (κ3) is 3.90. The number of amidine groups is 1. The number of oxime groups is 1. The molecule has 0 aliphatic carbocycles. The second-order valence-electron chi connectivity index (χ2n) is 2.85. The lowest BCUT2D eigenvalue weighted by Gasteiger charge is -2.00.